The number of benzene rings is 1. The molecule has 1 aromatic carbocycles. The van der Waals surface area contributed by atoms with Crippen LogP contribution in [0.3, 0.4) is 0 Å². The van der Waals surface area contributed by atoms with Gasteiger partial charge in [-0.2, -0.15) is 0 Å². The van der Waals surface area contributed by atoms with Crippen LogP contribution in [-0.4, -0.2) is 19.2 Å². The second kappa shape index (κ2) is 8.15. The van der Waals surface area contributed by atoms with E-state index >= 15 is 0 Å². The third-order valence-electron chi connectivity index (χ3n) is 2.94. The van der Waals surface area contributed by atoms with Crippen molar-refractivity contribution in [2.45, 2.75) is 53.0 Å². The van der Waals surface area contributed by atoms with E-state index in [4.69, 9.17) is 4.74 Å². The van der Waals surface area contributed by atoms with E-state index in [1.807, 2.05) is 6.92 Å². The first-order valence-electron chi connectivity index (χ1n) is 7.09. The molecule has 0 atom stereocenters. The van der Waals surface area contributed by atoms with Gasteiger partial charge in [0.15, 0.2) is 0 Å². The Balaban J connectivity index is 2.42. The van der Waals surface area contributed by atoms with Gasteiger partial charge in [0.25, 0.3) is 0 Å². The van der Waals surface area contributed by atoms with Crippen molar-refractivity contribution in [3.05, 3.63) is 29.3 Å². The molecule has 0 radical (unpaired) electrons. The summed E-state index contributed by atoms with van der Waals surface area (Å²) in [6.07, 6.45) is 3.54. The van der Waals surface area contributed by atoms with Crippen LogP contribution in [0.4, 0.5) is 0 Å². The van der Waals surface area contributed by atoms with Gasteiger partial charge in [-0.25, -0.2) is 0 Å². The van der Waals surface area contributed by atoms with E-state index in [9.17, 15) is 0 Å². The third kappa shape index (κ3) is 5.54. The summed E-state index contributed by atoms with van der Waals surface area (Å²) in [5.41, 5.74) is 2.66. The first-order chi connectivity index (χ1) is 8.63. The van der Waals surface area contributed by atoms with Crippen LogP contribution in [0, 0.1) is 6.92 Å². The molecule has 0 amide bonds. The zero-order valence-electron chi connectivity index (χ0n) is 12.3. The quantitative estimate of drug-likeness (QED) is 0.709. The number of hydrogen-bond acceptors (Lipinski definition) is 2. The second-order valence-electron chi connectivity index (χ2n) is 5.11. The van der Waals surface area contributed by atoms with E-state index in [1.165, 1.54) is 24.0 Å². The number of rotatable bonds is 8. The minimum absolute atomic E-state index is 0.586. The lowest BCUT2D eigenvalue weighted by Gasteiger charge is -2.12. The van der Waals surface area contributed by atoms with Crippen molar-refractivity contribution in [1.29, 1.82) is 0 Å². The molecule has 18 heavy (non-hydrogen) atoms. The Morgan fingerprint density at radius 2 is 2.00 bits per heavy atom. The zero-order valence-corrected chi connectivity index (χ0v) is 12.3. The molecule has 1 aromatic rings. The van der Waals surface area contributed by atoms with Crippen LogP contribution < -0.4 is 10.1 Å². The van der Waals surface area contributed by atoms with E-state index in [2.05, 4.69) is 44.3 Å². The van der Waals surface area contributed by atoms with Crippen molar-refractivity contribution < 1.29 is 4.74 Å². The normalized spacial score (nSPS) is 10.9. The molecule has 0 aromatic heterocycles. The van der Waals surface area contributed by atoms with Gasteiger partial charge < -0.3 is 10.1 Å². The smallest absolute Gasteiger partial charge is 0.122 e. The van der Waals surface area contributed by atoms with E-state index in [0.717, 1.165) is 25.3 Å². The van der Waals surface area contributed by atoms with Crippen molar-refractivity contribution in [1.82, 2.24) is 5.32 Å². The molecular formula is C16H27NO. The van der Waals surface area contributed by atoms with Gasteiger partial charge in [0.05, 0.1) is 6.61 Å². The fourth-order valence-corrected chi connectivity index (χ4v) is 2.03. The van der Waals surface area contributed by atoms with Gasteiger partial charge in [0.1, 0.15) is 5.75 Å². The fourth-order valence-electron chi connectivity index (χ4n) is 2.03. The summed E-state index contributed by atoms with van der Waals surface area (Å²) in [6, 6.07) is 7.05. The highest BCUT2D eigenvalue weighted by molar-refractivity contribution is 5.37. The Morgan fingerprint density at radius 3 is 2.67 bits per heavy atom. The molecule has 0 unspecified atom stereocenters. The van der Waals surface area contributed by atoms with E-state index in [-0.39, 0.29) is 0 Å². The summed E-state index contributed by atoms with van der Waals surface area (Å²) in [5, 5.41) is 3.45. The molecule has 102 valence electrons. The van der Waals surface area contributed by atoms with Crippen LogP contribution >= 0.6 is 0 Å². The first-order valence-corrected chi connectivity index (χ1v) is 7.09. The maximum Gasteiger partial charge on any atom is 0.122 e. The van der Waals surface area contributed by atoms with Crippen molar-refractivity contribution in [2.24, 2.45) is 0 Å². The predicted molar refractivity (Wildman–Crippen MR) is 78.4 cm³/mol. The summed E-state index contributed by atoms with van der Waals surface area (Å²) in [7, 11) is 0. The first kappa shape index (κ1) is 15.0. The Morgan fingerprint density at radius 1 is 1.22 bits per heavy atom. The minimum Gasteiger partial charge on any atom is -0.494 e. The molecule has 0 heterocycles. The molecule has 0 bridgehead atoms. The van der Waals surface area contributed by atoms with E-state index in [1.54, 1.807) is 0 Å². The highest BCUT2D eigenvalue weighted by atomic mass is 16.5. The molecule has 1 N–H and O–H groups in total. The van der Waals surface area contributed by atoms with E-state index in [0.29, 0.717) is 6.04 Å². The van der Waals surface area contributed by atoms with Gasteiger partial charge in [-0.15, -0.1) is 0 Å². The van der Waals surface area contributed by atoms with Crippen molar-refractivity contribution >= 4 is 0 Å². The minimum atomic E-state index is 0.586. The summed E-state index contributed by atoms with van der Waals surface area (Å²) < 4.78 is 5.67. The van der Waals surface area contributed by atoms with Crippen molar-refractivity contribution in [3.8, 4) is 5.75 Å². The average molecular weight is 249 g/mol. The molecule has 0 saturated heterocycles. The molecule has 2 nitrogen and oxygen atoms in total. The molecule has 2 heteroatoms. The van der Waals surface area contributed by atoms with Gasteiger partial charge in [0, 0.05) is 6.04 Å². The molecular weight excluding hydrogens is 222 g/mol. The van der Waals surface area contributed by atoms with Gasteiger partial charge >= 0.3 is 0 Å². The number of aryl methyl sites for hydroxylation is 2. The summed E-state index contributed by atoms with van der Waals surface area (Å²) in [5.74, 6) is 1.06. The maximum absolute atomic E-state index is 5.67. The lowest BCUT2D eigenvalue weighted by atomic mass is 10.0. The topological polar surface area (TPSA) is 21.3 Å². The van der Waals surface area contributed by atoms with Crippen LogP contribution in [0.1, 0.15) is 44.7 Å². The molecule has 1 rings (SSSR count). The SMILES string of the molecule is CCOc1ccc(C)cc1CCCCNC(C)C. The van der Waals surface area contributed by atoms with Gasteiger partial charge in [-0.3, -0.25) is 0 Å². The fraction of sp³-hybridized carbons (Fsp3) is 0.625. The van der Waals surface area contributed by atoms with E-state index < -0.39 is 0 Å². The molecule has 0 saturated carbocycles. The van der Waals surface area contributed by atoms with Gasteiger partial charge in [-0.05, 0) is 51.3 Å². The third-order valence-corrected chi connectivity index (χ3v) is 2.94. The summed E-state index contributed by atoms with van der Waals surface area (Å²) in [6.45, 7) is 10.4. The standard InChI is InChI=1S/C16H27NO/c1-5-18-16-10-9-14(4)12-15(16)8-6-7-11-17-13(2)3/h9-10,12-13,17H,5-8,11H2,1-4H3. The molecule has 0 spiro atoms. The highest BCUT2D eigenvalue weighted by Crippen LogP contribution is 2.22. The monoisotopic (exact) mass is 249 g/mol. The summed E-state index contributed by atoms with van der Waals surface area (Å²) >= 11 is 0. The second-order valence-corrected chi connectivity index (χ2v) is 5.11. The van der Waals surface area contributed by atoms with Crippen LogP contribution in [0.15, 0.2) is 18.2 Å². The number of hydrogen-bond donors (Lipinski definition) is 1. The largest absolute Gasteiger partial charge is 0.494 e. The molecule has 0 aliphatic heterocycles. The Kier molecular flexibility index (Phi) is 6.81. The predicted octanol–water partition coefficient (Wildman–Crippen LogP) is 3.71. The number of nitrogens with one attached hydrogen (secondary N) is 1. The van der Waals surface area contributed by atoms with Crippen LogP contribution in [0.2, 0.25) is 0 Å². The maximum atomic E-state index is 5.67. The lowest BCUT2D eigenvalue weighted by Crippen LogP contribution is -2.23. The zero-order chi connectivity index (χ0) is 13.4. The molecule has 0 fully saturated rings. The Bertz CT molecular complexity index is 347. The molecule has 0 aliphatic carbocycles. The Labute approximate surface area is 112 Å². The van der Waals surface area contributed by atoms with Gasteiger partial charge in [0.2, 0.25) is 0 Å². The average Bonchev–Trinajstić information content (AvgIpc) is 2.32. The van der Waals surface area contributed by atoms with Crippen molar-refractivity contribution in [2.75, 3.05) is 13.2 Å². The van der Waals surface area contributed by atoms with Crippen LogP contribution in [0.5, 0.6) is 5.75 Å². The Hall–Kier alpha value is -1.02. The number of ether oxygens (including phenoxy) is 1. The summed E-state index contributed by atoms with van der Waals surface area (Å²) in [4.78, 5) is 0. The van der Waals surface area contributed by atoms with Gasteiger partial charge in [-0.1, -0.05) is 31.5 Å². The van der Waals surface area contributed by atoms with Crippen molar-refractivity contribution in [3.63, 3.8) is 0 Å². The highest BCUT2D eigenvalue weighted by Gasteiger charge is 2.03. The van der Waals surface area contributed by atoms with Crippen LogP contribution in [-0.2, 0) is 6.42 Å². The lowest BCUT2D eigenvalue weighted by molar-refractivity contribution is 0.336. The van der Waals surface area contributed by atoms with Crippen LogP contribution in [0.25, 0.3) is 0 Å². The number of unbranched alkanes of at least 4 members (excludes halogenated alkanes) is 1. The molecule has 0 aliphatic rings.